The molecule has 0 atom stereocenters. The lowest BCUT2D eigenvalue weighted by molar-refractivity contribution is 0.318. The molecule has 4 nitrogen and oxygen atoms in total. The van der Waals surface area contributed by atoms with Crippen LogP contribution in [0.4, 0.5) is 0 Å². The number of nitrogens with two attached hydrogens (primary N) is 1. The molecule has 2 aromatic rings. The maximum atomic E-state index is 8.58. The van der Waals surface area contributed by atoms with Gasteiger partial charge in [0.1, 0.15) is 5.75 Å². The second-order valence-electron chi connectivity index (χ2n) is 4.16. The molecule has 3 N–H and O–H groups in total. The Morgan fingerprint density at radius 1 is 1.14 bits per heavy atom. The van der Waals surface area contributed by atoms with Gasteiger partial charge >= 0.3 is 0 Å². The second-order valence-corrected chi connectivity index (χ2v) is 6.24. The zero-order valence-electron chi connectivity index (χ0n) is 11.2. The summed E-state index contributed by atoms with van der Waals surface area (Å²) in [5, 5.41) is 11.5. The SMILES string of the molecule is N/C(=N/O)c1ccc(OCCSc2ccc(Br)cc2)cc1. The summed E-state index contributed by atoms with van der Waals surface area (Å²) in [6.45, 7) is 0.615. The van der Waals surface area contributed by atoms with Crippen molar-refractivity contribution in [1.29, 1.82) is 0 Å². The average molecular weight is 367 g/mol. The molecule has 0 aliphatic rings. The number of hydrogen-bond donors (Lipinski definition) is 2. The molecule has 0 saturated carbocycles. The van der Waals surface area contributed by atoms with Gasteiger partial charge in [-0.1, -0.05) is 21.1 Å². The first-order chi connectivity index (χ1) is 10.2. The first-order valence-electron chi connectivity index (χ1n) is 6.28. The van der Waals surface area contributed by atoms with Crippen LogP contribution in [0.1, 0.15) is 5.56 Å². The van der Waals surface area contributed by atoms with Crippen LogP contribution in [0.3, 0.4) is 0 Å². The van der Waals surface area contributed by atoms with E-state index in [1.54, 1.807) is 36.0 Å². The van der Waals surface area contributed by atoms with Gasteiger partial charge in [-0.25, -0.2) is 0 Å². The third-order valence-electron chi connectivity index (χ3n) is 2.69. The molecule has 21 heavy (non-hydrogen) atoms. The van der Waals surface area contributed by atoms with Gasteiger partial charge in [0.15, 0.2) is 5.84 Å². The highest BCUT2D eigenvalue weighted by Crippen LogP contribution is 2.21. The van der Waals surface area contributed by atoms with Crippen LogP contribution in [0, 0.1) is 0 Å². The summed E-state index contributed by atoms with van der Waals surface area (Å²) >= 11 is 5.15. The molecule has 2 aromatic carbocycles. The van der Waals surface area contributed by atoms with E-state index in [9.17, 15) is 0 Å². The molecule has 0 spiro atoms. The smallest absolute Gasteiger partial charge is 0.170 e. The molecule has 110 valence electrons. The number of thioether (sulfide) groups is 1. The summed E-state index contributed by atoms with van der Waals surface area (Å²) in [6.07, 6.45) is 0. The summed E-state index contributed by atoms with van der Waals surface area (Å²) in [5.74, 6) is 1.72. The van der Waals surface area contributed by atoms with Crippen LogP contribution in [0.2, 0.25) is 0 Å². The molecule has 0 fully saturated rings. The molecule has 0 amide bonds. The molecule has 0 saturated heterocycles. The van der Waals surface area contributed by atoms with Crippen LogP contribution < -0.4 is 10.5 Å². The number of oxime groups is 1. The largest absolute Gasteiger partial charge is 0.493 e. The normalized spacial score (nSPS) is 11.4. The first kappa shape index (κ1) is 15.7. The Morgan fingerprint density at radius 2 is 1.81 bits per heavy atom. The van der Waals surface area contributed by atoms with Crippen LogP contribution in [-0.2, 0) is 0 Å². The van der Waals surface area contributed by atoms with Gasteiger partial charge in [-0.15, -0.1) is 11.8 Å². The quantitative estimate of drug-likeness (QED) is 0.204. The van der Waals surface area contributed by atoms with Crippen LogP contribution in [0.5, 0.6) is 5.75 Å². The minimum atomic E-state index is 0.0901. The predicted octanol–water partition coefficient (Wildman–Crippen LogP) is 3.71. The molecule has 0 bridgehead atoms. The van der Waals surface area contributed by atoms with E-state index in [0.29, 0.717) is 12.2 Å². The van der Waals surface area contributed by atoms with Gasteiger partial charge in [-0.2, -0.15) is 0 Å². The van der Waals surface area contributed by atoms with Crippen molar-refractivity contribution in [1.82, 2.24) is 0 Å². The number of benzene rings is 2. The van der Waals surface area contributed by atoms with Gasteiger partial charge in [0.2, 0.25) is 0 Å². The van der Waals surface area contributed by atoms with Gasteiger partial charge in [-0.3, -0.25) is 0 Å². The monoisotopic (exact) mass is 366 g/mol. The van der Waals surface area contributed by atoms with Gasteiger partial charge in [0.05, 0.1) is 6.61 Å². The topological polar surface area (TPSA) is 67.8 Å². The number of ether oxygens (including phenoxy) is 1. The minimum Gasteiger partial charge on any atom is -0.493 e. The fourth-order valence-corrected chi connectivity index (χ4v) is 2.62. The van der Waals surface area contributed by atoms with Gasteiger partial charge in [0, 0.05) is 20.7 Å². The number of halogens is 1. The Labute approximate surface area is 136 Å². The van der Waals surface area contributed by atoms with E-state index >= 15 is 0 Å². The number of amidine groups is 1. The maximum absolute atomic E-state index is 8.58. The lowest BCUT2D eigenvalue weighted by atomic mass is 10.2. The van der Waals surface area contributed by atoms with Crippen molar-refractivity contribution < 1.29 is 9.94 Å². The molecule has 0 aliphatic carbocycles. The minimum absolute atomic E-state index is 0.0901. The Bertz CT molecular complexity index is 600. The Morgan fingerprint density at radius 3 is 2.43 bits per heavy atom. The van der Waals surface area contributed by atoms with E-state index in [1.807, 2.05) is 12.1 Å². The standard InChI is InChI=1S/C15H15BrN2O2S/c16-12-3-7-14(8-4-12)21-10-9-20-13-5-1-11(2-6-13)15(17)18-19/h1-8,19H,9-10H2,(H2,17,18). The van der Waals surface area contributed by atoms with E-state index < -0.39 is 0 Å². The molecule has 0 radical (unpaired) electrons. The van der Waals surface area contributed by atoms with Crippen LogP contribution in [-0.4, -0.2) is 23.4 Å². The number of hydrogen-bond acceptors (Lipinski definition) is 4. The summed E-state index contributed by atoms with van der Waals surface area (Å²) in [7, 11) is 0. The number of nitrogens with zero attached hydrogens (tertiary/aromatic N) is 1. The van der Waals surface area contributed by atoms with Crippen molar-refractivity contribution in [2.45, 2.75) is 4.90 Å². The van der Waals surface area contributed by atoms with Crippen molar-refractivity contribution in [3.63, 3.8) is 0 Å². The van der Waals surface area contributed by atoms with Crippen molar-refractivity contribution >= 4 is 33.5 Å². The highest BCUT2D eigenvalue weighted by molar-refractivity contribution is 9.10. The van der Waals surface area contributed by atoms with E-state index in [4.69, 9.17) is 15.7 Å². The van der Waals surface area contributed by atoms with E-state index in [-0.39, 0.29) is 5.84 Å². The lowest BCUT2D eigenvalue weighted by Crippen LogP contribution is -2.12. The summed E-state index contributed by atoms with van der Waals surface area (Å²) < 4.78 is 6.72. The maximum Gasteiger partial charge on any atom is 0.170 e. The van der Waals surface area contributed by atoms with Crippen molar-refractivity contribution in [3.8, 4) is 5.75 Å². The lowest BCUT2D eigenvalue weighted by Gasteiger charge is -2.07. The molecule has 0 unspecified atom stereocenters. The Balaban J connectivity index is 1.77. The van der Waals surface area contributed by atoms with Gasteiger partial charge in [-0.05, 0) is 48.5 Å². The summed E-state index contributed by atoms with van der Waals surface area (Å²) in [6, 6.07) is 15.3. The van der Waals surface area contributed by atoms with E-state index in [2.05, 4.69) is 33.2 Å². The highest BCUT2D eigenvalue weighted by atomic mass is 79.9. The first-order valence-corrected chi connectivity index (χ1v) is 8.06. The zero-order chi connectivity index (χ0) is 15.1. The van der Waals surface area contributed by atoms with Crippen molar-refractivity contribution in [2.24, 2.45) is 10.9 Å². The fraction of sp³-hybridized carbons (Fsp3) is 0.133. The van der Waals surface area contributed by atoms with Crippen molar-refractivity contribution in [3.05, 3.63) is 58.6 Å². The van der Waals surface area contributed by atoms with Crippen LogP contribution in [0.25, 0.3) is 0 Å². The molecular weight excluding hydrogens is 352 g/mol. The van der Waals surface area contributed by atoms with E-state index in [1.165, 1.54) is 4.90 Å². The van der Waals surface area contributed by atoms with Crippen molar-refractivity contribution in [2.75, 3.05) is 12.4 Å². The highest BCUT2D eigenvalue weighted by Gasteiger charge is 2.00. The Hall–Kier alpha value is -1.66. The molecule has 2 rings (SSSR count). The van der Waals surface area contributed by atoms with Gasteiger partial charge < -0.3 is 15.7 Å². The Kier molecular flexibility index (Phi) is 5.95. The molecule has 0 aliphatic heterocycles. The number of rotatable bonds is 6. The van der Waals surface area contributed by atoms with Gasteiger partial charge in [0.25, 0.3) is 0 Å². The average Bonchev–Trinajstić information content (AvgIpc) is 2.53. The molecule has 6 heteroatoms. The van der Waals surface area contributed by atoms with Crippen LogP contribution >= 0.6 is 27.7 Å². The molecule has 0 heterocycles. The third kappa shape index (κ3) is 4.99. The summed E-state index contributed by atoms with van der Waals surface area (Å²) in [5.41, 5.74) is 6.15. The zero-order valence-corrected chi connectivity index (χ0v) is 13.6. The fourth-order valence-electron chi connectivity index (χ4n) is 1.63. The van der Waals surface area contributed by atoms with E-state index in [0.717, 1.165) is 16.0 Å². The summed E-state index contributed by atoms with van der Waals surface area (Å²) in [4.78, 5) is 1.21. The second kappa shape index (κ2) is 7.95. The third-order valence-corrected chi connectivity index (χ3v) is 4.20. The predicted molar refractivity (Wildman–Crippen MR) is 89.3 cm³/mol. The molecule has 0 aromatic heterocycles. The van der Waals surface area contributed by atoms with Crippen LogP contribution in [0.15, 0.2) is 63.1 Å². The molecular formula is C15H15BrN2O2S.